The molecule has 1 saturated heterocycles. The fourth-order valence-electron chi connectivity index (χ4n) is 3.43. The maximum absolute atomic E-state index is 12.8. The highest BCUT2D eigenvalue weighted by atomic mass is 16.2. The van der Waals surface area contributed by atoms with E-state index in [-0.39, 0.29) is 5.91 Å². The third kappa shape index (κ3) is 4.04. The molecule has 1 fully saturated rings. The molecule has 24 heavy (non-hydrogen) atoms. The number of nitrogens with zero attached hydrogens (tertiary/aromatic N) is 1. The van der Waals surface area contributed by atoms with Crippen molar-refractivity contribution < 1.29 is 4.79 Å². The summed E-state index contributed by atoms with van der Waals surface area (Å²) in [4.78, 5) is 14.6. The van der Waals surface area contributed by atoms with Gasteiger partial charge in [0.15, 0.2) is 0 Å². The Kier molecular flexibility index (Phi) is 5.31. The number of hydrogen-bond acceptors (Lipinski definition) is 2. The Bertz CT molecular complexity index is 704. The molecule has 3 rings (SSSR count). The Balaban J connectivity index is 1.74. The van der Waals surface area contributed by atoms with Crippen LogP contribution in [0.2, 0.25) is 0 Å². The third-order valence-electron chi connectivity index (χ3n) is 4.74. The van der Waals surface area contributed by atoms with Crippen LogP contribution in [0.5, 0.6) is 0 Å². The summed E-state index contributed by atoms with van der Waals surface area (Å²) in [7, 11) is 1.91. The smallest absolute Gasteiger partial charge is 0.253 e. The van der Waals surface area contributed by atoms with Crippen molar-refractivity contribution in [1.82, 2.24) is 10.2 Å². The lowest BCUT2D eigenvalue weighted by molar-refractivity contribution is 0.0765. The molecule has 0 saturated carbocycles. The molecule has 1 heterocycles. The van der Waals surface area contributed by atoms with Gasteiger partial charge in [0.25, 0.3) is 5.91 Å². The van der Waals surface area contributed by atoms with E-state index < -0.39 is 0 Å². The van der Waals surface area contributed by atoms with Crippen LogP contribution in [0.25, 0.3) is 11.1 Å². The van der Waals surface area contributed by atoms with Gasteiger partial charge in [-0.1, -0.05) is 42.0 Å². The van der Waals surface area contributed by atoms with E-state index in [1.807, 2.05) is 30.1 Å². The van der Waals surface area contributed by atoms with Crippen LogP contribution in [0.1, 0.15) is 28.8 Å². The highest BCUT2D eigenvalue weighted by molar-refractivity contribution is 5.95. The van der Waals surface area contributed by atoms with Crippen molar-refractivity contribution >= 4 is 5.91 Å². The maximum atomic E-state index is 12.8. The Morgan fingerprint density at radius 1 is 1.17 bits per heavy atom. The van der Waals surface area contributed by atoms with Gasteiger partial charge in [0.2, 0.25) is 0 Å². The van der Waals surface area contributed by atoms with Gasteiger partial charge in [0.05, 0.1) is 0 Å². The summed E-state index contributed by atoms with van der Waals surface area (Å²) < 4.78 is 0. The fraction of sp³-hybridized carbons (Fsp3) is 0.381. The Hall–Kier alpha value is -2.13. The topological polar surface area (TPSA) is 32.3 Å². The zero-order chi connectivity index (χ0) is 16.9. The SMILES string of the molecule is Cc1cccc(-c2cccc(C(=O)N(C)C[C@@H]3CCCNC3)c2)c1. The number of carbonyl (C=O) groups is 1. The second-order valence-electron chi connectivity index (χ2n) is 6.85. The van der Waals surface area contributed by atoms with Crippen LogP contribution in [0.15, 0.2) is 48.5 Å². The monoisotopic (exact) mass is 322 g/mol. The Labute approximate surface area is 144 Å². The van der Waals surface area contributed by atoms with E-state index in [1.165, 1.54) is 18.4 Å². The van der Waals surface area contributed by atoms with Crippen LogP contribution in [0, 0.1) is 12.8 Å². The van der Waals surface area contributed by atoms with Crippen molar-refractivity contribution in [3.8, 4) is 11.1 Å². The predicted molar refractivity (Wildman–Crippen MR) is 99.2 cm³/mol. The van der Waals surface area contributed by atoms with E-state index in [0.29, 0.717) is 5.92 Å². The maximum Gasteiger partial charge on any atom is 0.253 e. The first-order chi connectivity index (χ1) is 11.6. The quantitative estimate of drug-likeness (QED) is 0.930. The van der Waals surface area contributed by atoms with Crippen molar-refractivity contribution in [2.45, 2.75) is 19.8 Å². The lowest BCUT2D eigenvalue weighted by Gasteiger charge is -2.27. The number of benzene rings is 2. The average molecular weight is 322 g/mol. The van der Waals surface area contributed by atoms with Gasteiger partial charge in [-0.25, -0.2) is 0 Å². The first-order valence-electron chi connectivity index (χ1n) is 8.77. The van der Waals surface area contributed by atoms with Crippen LogP contribution >= 0.6 is 0 Å². The molecular weight excluding hydrogens is 296 g/mol. The van der Waals surface area contributed by atoms with E-state index in [0.717, 1.165) is 36.3 Å². The van der Waals surface area contributed by atoms with Crippen LogP contribution in [-0.4, -0.2) is 37.5 Å². The largest absolute Gasteiger partial charge is 0.341 e. The number of nitrogens with one attached hydrogen (secondary N) is 1. The molecule has 126 valence electrons. The van der Waals surface area contributed by atoms with Gasteiger partial charge in [0, 0.05) is 19.2 Å². The van der Waals surface area contributed by atoms with Crippen LogP contribution in [-0.2, 0) is 0 Å². The normalized spacial score (nSPS) is 17.5. The summed E-state index contributed by atoms with van der Waals surface area (Å²) in [6.45, 7) is 5.03. The number of aryl methyl sites for hydroxylation is 1. The minimum atomic E-state index is 0.107. The number of hydrogen-bond donors (Lipinski definition) is 1. The summed E-state index contributed by atoms with van der Waals surface area (Å²) >= 11 is 0. The van der Waals surface area contributed by atoms with Crippen molar-refractivity contribution in [2.24, 2.45) is 5.92 Å². The summed E-state index contributed by atoms with van der Waals surface area (Å²) in [5, 5.41) is 3.42. The van der Waals surface area contributed by atoms with E-state index >= 15 is 0 Å². The molecule has 1 amide bonds. The lowest BCUT2D eigenvalue weighted by atomic mass is 9.98. The van der Waals surface area contributed by atoms with E-state index in [4.69, 9.17) is 0 Å². The highest BCUT2D eigenvalue weighted by Gasteiger charge is 2.19. The zero-order valence-corrected chi connectivity index (χ0v) is 14.6. The second kappa shape index (κ2) is 7.63. The van der Waals surface area contributed by atoms with Crippen LogP contribution in [0.4, 0.5) is 0 Å². The number of rotatable bonds is 4. The Morgan fingerprint density at radius 3 is 2.62 bits per heavy atom. The van der Waals surface area contributed by atoms with E-state index in [2.05, 4.69) is 42.6 Å². The summed E-state index contributed by atoms with van der Waals surface area (Å²) in [5.41, 5.74) is 4.24. The van der Waals surface area contributed by atoms with Gasteiger partial charge in [-0.15, -0.1) is 0 Å². The molecule has 3 heteroatoms. The van der Waals surface area contributed by atoms with E-state index in [1.54, 1.807) is 0 Å². The number of piperidine rings is 1. The first kappa shape index (κ1) is 16.7. The molecule has 0 bridgehead atoms. The minimum Gasteiger partial charge on any atom is -0.341 e. The van der Waals surface area contributed by atoms with E-state index in [9.17, 15) is 4.79 Å². The van der Waals surface area contributed by atoms with Crippen molar-refractivity contribution in [2.75, 3.05) is 26.7 Å². The van der Waals surface area contributed by atoms with Crippen molar-refractivity contribution in [3.05, 3.63) is 59.7 Å². The highest BCUT2D eigenvalue weighted by Crippen LogP contribution is 2.22. The molecule has 1 atom stereocenters. The average Bonchev–Trinajstić information content (AvgIpc) is 2.62. The molecular formula is C21H26N2O. The second-order valence-corrected chi connectivity index (χ2v) is 6.85. The zero-order valence-electron chi connectivity index (χ0n) is 14.6. The summed E-state index contributed by atoms with van der Waals surface area (Å²) in [6, 6.07) is 16.3. The lowest BCUT2D eigenvalue weighted by Crippen LogP contribution is -2.39. The van der Waals surface area contributed by atoms with Crippen LogP contribution in [0.3, 0.4) is 0 Å². The molecule has 1 aliphatic rings. The first-order valence-corrected chi connectivity index (χ1v) is 8.77. The molecule has 2 aromatic rings. The molecule has 2 aromatic carbocycles. The summed E-state index contributed by atoms with van der Waals surface area (Å²) in [5.74, 6) is 0.669. The van der Waals surface area contributed by atoms with Gasteiger partial charge in [0.1, 0.15) is 0 Å². The molecule has 0 aliphatic carbocycles. The molecule has 0 unspecified atom stereocenters. The number of carbonyl (C=O) groups excluding carboxylic acids is 1. The number of amides is 1. The fourth-order valence-corrected chi connectivity index (χ4v) is 3.43. The molecule has 0 aromatic heterocycles. The van der Waals surface area contributed by atoms with Gasteiger partial charge in [-0.2, -0.15) is 0 Å². The van der Waals surface area contributed by atoms with Gasteiger partial charge in [-0.05, 0) is 62.0 Å². The third-order valence-corrected chi connectivity index (χ3v) is 4.74. The van der Waals surface area contributed by atoms with Gasteiger partial charge < -0.3 is 10.2 Å². The van der Waals surface area contributed by atoms with Crippen LogP contribution < -0.4 is 5.32 Å². The molecule has 0 radical (unpaired) electrons. The van der Waals surface area contributed by atoms with Crippen molar-refractivity contribution in [1.29, 1.82) is 0 Å². The summed E-state index contributed by atoms with van der Waals surface area (Å²) in [6.07, 6.45) is 2.41. The van der Waals surface area contributed by atoms with Gasteiger partial charge in [-0.3, -0.25) is 4.79 Å². The minimum absolute atomic E-state index is 0.107. The molecule has 1 aliphatic heterocycles. The predicted octanol–water partition coefficient (Wildman–Crippen LogP) is 3.73. The van der Waals surface area contributed by atoms with Gasteiger partial charge >= 0.3 is 0 Å². The van der Waals surface area contributed by atoms with Crippen molar-refractivity contribution in [3.63, 3.8) is 0 Å². The Morgan fingerprint density at radius 2 is 1.92 bits per heavy atom. The molecule has 0 spiro atoms. The molecule has 3 nitrogen and oxygen atoms in total. The standard InChI is InChI=1S/C21H26N2O/c1-16-6-3-8-18(12-16)19-9-4-10-20(13-19)21(24)23(2)15-17-7-5-11-22-14-17/h3-4,6,8-10,12-13,17,22H,5,7,11,14-15H2,1-2H3/t17-/m1/s1. The molecule has 1 N–H and O–H groups in total.